The fourth-order valence-corrected chi connectivity index (χ4v) is 5.34. The van der Waals surface area contributed by atoms with E-state index in [0.29, 0.717) is 19.8 Å². The summed E-state index contributed by atoms with van der Waals surface area (Å²) < 4.78 is 18.3. The van der Waals surface area contributed by atoms with Crippen molar-refractivity contribution >= 4 is 45.2 Å². The zero-order valence-electron chi connectivity index (χ0n) is 26.5. The van der Waals surface area contributed by atoms with Crippen molar-refractivity contribution < 1.29 is 33.4 Å². The topological polar surface area (TPSA) is 139 Å². The van der Waals surface area contributed by atoms with E-state index in [4.69, 9.17) is 14.2 Å². The molecule has 2 aromatic rings. The Morgan fingerprint density at radius 2 is 1.67 bits per heavy atom. The van der Waals surface area contributed by atoms with Crippen LogP contribution >= 0.6 is 11.3 Å². The molecule has 4 amide bonds. The smallest absolute Gasteiger partial charge is 0.329 e. The molecule has 0 bridgehead atoms. The lowest BCUT2D eigenvalue weighted by Crippen LogP contribution is -2.56. The summed E-state index contributed by atoms with van der Waals surface area (Å²) in [5.41, 5.74) is 2.65. The summed E-state index contributed by atoms with van der Waals surface area (Å²) in [6.07, 6.45) is -1.13. The van der Waals surface area contributed by atoms with Gasteiger partial charge in [0.2, 0.25) is 11.8 Å². The van der Waals surface area contributed by atoms with Crippen LogP contribution in [0.15, 0.2) is 29.6 Å². The van der Waals surface area contributed by atoms with E-state index in [1.807, 2.05) is 50.4 Å². The van der Waals surface area contributed by atoms with Crippen LogP contribution in [0.2, 0.25) is 0 Å². The summed E-state index contributed by atoms with van der Waals surface area (Å²) in [5, 5.41) is 9.57. The predicted octanol–water partition coefficient (Wildman–Crippen LogP) is 3.40. The summed E-state index contributed by atoms with van der Waals surface area (Å²) in [7, 11) is 1.52. The van der Waals surface area contributed by atoms with Crippen LogP contribution in [0, 0.1) is 0 Å². The number of esters is 1. The highest BCUT2D eigenvalue weighted by molar-refractivity contribution is 7.17. The number of nitrogens with one attached hydrogen (secondary N) is 3. The van der Waals surface area contributed by atoms with E-state index in [9.17, 15) is 19.2 Å². The second-order valence-electron chi connectivity index (χ2n) is 11.0. The Balaban J connectivity index is 2.43. The highest BCUT2D eigenvalue weighted by Crippen LogP contribution is 2.28. The third-order valence-electron chi connectivity index (χ3n) is 6.17. The molecule has 0 fully saturated rings. The molecule has 2 atom stereocenters. The van der Waals surface area contributed by atoms with Crippen LogP contribution in [-0.4, -0.2) is 91.0 Å². The number of likely N-dealkylation sites (N-methyl/N-ethyl adjacent to an activating group) is 1. The van der Waals surface area contributed by atoms with Gasteiger partial charge in [0.25, 0.3) is 0 Å². The minimum absolute atomic E-state index is 0.194. The van der Waals surface area contributed by atoms with Crippen molar-refractivity contribution in [1.29, 1.82) is 0 Å². The van der Waals surface area contributed by atoms with Crippen LogP contribution in [0.3, 0.4) is 0 Å². The summed E-state index contributed by atoms with van der Waals surface area (Å²) in [6.45, 7) is 13.5. The molecule has 0 saturated carbocycles. The molecule has 0 aliphatic rings. The first kappa shape index (κ1) is 35.9. The molecular weight excluding hydrogens is 574 g/mol. The molecule has 1 aromatic heterocycles. The van der Waals surface area contributed by atoms with Crippen LogP contribution in [0.1, 0.15) is 60.5 Å². The number of carbonyl (C=O) groups excluding carboxylic acids is 4. The molecule has 0 aliphatic heterocycles. The number of rotatable bonds is 16. The number of fused-ring (bicyclic) bond motifs is 1. The second kappa shape index (κ2) is 17.1. The van der Waals surface area contributed by atoms with E-state index in [2.05, 4.69) is 16.1 Å². The predicted molar refractivity (Wildman–Crippen MR) is 166 cm³/mol. The monoisotopic (exact) mass is 621 g/mol. The minimum atomic E-state index is -1.25. The molecule has 2 rings (SSSR count). The summed E-state index contributed by atoms with van der Waals surface area (Å²) in [6, 6.07) is 5.60. The zero-order chi connectivity index (χ0) is 32.2. The number of nitrogens with zero attached hydrogens (tertiary/aromatic N) is 2. The lowest BCUT2D eigenvalue weighted by molar-refractivity contribution is -0.180. The summed E-state index contributed by atoms with van der Waals surface area (Å²) in [5.74, 6) is -1.70. The maximum atomic E-state index is 14.3. The van der Waals surface area contributed by atoms with Gasteiger partial charge < -0.3 is 29.7 Å². The Morgan fingerprint density at radius 1 is 1.02 bits per heavy atom. The Kier molecular flexibility index (Phi) is 14.3. The van der Waals surface area contributed by atoms with E-state index in [-0.39, 0.29) is 13.1 Å². The zero-order valence-corrected chi connectivity index (χ0v) is 27.3. The van der Waals surface area contributed by atoms with E-state index >= 15 is 0 Å². The van der Waals surface area contributed by atoms with Gasteiger partial charge in [-0.15, -0.1) is 11.3 Å². The Morgan fingerprint density at radius 3 is 2.28 bits per heavy atom. The van der Waals surface area contributed by atoms with Crippen LogP contribution in [-0.2, 0) is 35.1 Å². The lowest BCUT2D eigenvalue weighted by atomic mass is 10.1. The van der Waals surface area contributed by atoms with Gasteiger partial charge in [-0.2, -0.15) is 0 Å². The highest BCUT2D eigenvalue weighted by Gasteiger charge is 2.36. The van der Waals surface area contributed by atoms with Gasteiger partial charge in [-0.3, -0.25) is 19.8 Å². The second-order valence-corrected chi connectivity index (χ2v) is 11.9. The third-order valence-corrected chi connectivity index (χ3v) is 7.18. The van der Waals surface area contributed by atoms with Crippen molar-refractivity contribution in [2.75, 3.05) is 33.4 Å². The van der Waals surface area contributed by atoms with E-state index in [1.165, 1.54) is 12.1 Å². The van der Waals surface area contributed by atoms with E-state index in [0.717, 1.165) is 15.6 Å². The average molecular weight is 622 g/mol. The Labute approximate surface area is 258 Å². The molecule has 12 nitrogen and oxygen atoms in total. The minimum Gasteiger partial charge on any atom is -0.460 e. The lowest BCUT2D eigenvalue weighted by Gasteiger charge is -2.36. The quantitative estimate of drug-likeness (QED) is 0.147. The van der Waals surface area contributed by atoms with Gasteiger partial charge >= 0.3 is 12.0 Å². The number of carbonyl (C=O) groups is 4. The first-order chi connectivity index (χ1) is 20.3. The molecule has 240 valence electrons. The van der Waals surface area contributed by atoms with Gasteiger partial charge in [-0.25, -0.2) is 9.80 Å². The molecule has 1 aromatic carbocycles. The van der Waals surface area contributed by atoms with Crippen LogP contribution in [0.4, 0.5) is 4.79 Å². The van der Waals surface area contributed by atoms with E-state index in [1.54, 1.807) is 43.9 Å². The molecule has 43 heavy (non-hydrogen) atoms. The number of hydrazine groups is 1. The van der Waals surface area contributed by atoms with Crippen LogP contribution in [0.25, 0.3) is 10.1 Å². The molecule has 0 aliphatic carbocycles. The molecule has 0 spiro atoms. The molecule has 1 heterocycles. The summed E-state index contributed by atoms with van der Waals surface area (Å²) in [4.78, 5) is 53.9. The first-order valence-electron chi connectivity index (χ1n) is 14.5. The number of hydrogen-bond acceptors (Lipinski definition) is 9. The van der Waals surface area contributed by atoms with Crippen molar-refractivity contribution in [2.24, 2.45) is 0 Å². The van der Waals surface area contributed by atoms with Gasteiger partial charge in [-0.05, 0) is 70.9 Å². The van der Waals surface area contributed by atoms with Crippen molar-refractivity contribution in [3.63, 3.8) is 0 Å². The molecule has 13 heteroatoms. The molecule has 1 unspecified atom stereocenters. The average Bonchev–Trinajstić information content (AvgIpc) is 3.32. The van der Waals surface area contributed by atoms with Gasteiger partial charge in [0.1, 0.15) is 11.6 Å². The fraction of sp³-hybridized carbons (Fsp3) is 0.600. The number of thiophene rings is 1. The largest absolute Gasteiger partial charge is 0.460 e. The molecule has 0 radical (unpaired) electrons. The maximum Gasteiger partial charge on any atom is 0.329 e. The van der Waals surface area contributed by atoms with Crippen LogP contribution < -0.4 is 16.1 Å². The normalized spacial score (nSPS) is 13.1. The number of hydrogen-bond donors (Lipinski definition) is 3. The third kappa shape index (κ3) is 11.7. The van der Waals surface area contributed by atoms with Crippen LogP contribution in [0.5, 0.6) is 0 Å². The van der Waals surface area contributed by atoms with Gasteiger partial charge in [0, 0.05) is 38.1 Å². The number of benzene rings is 1. The van der Waals surface area contributed by atoms with Crippen molar-refractivity contribution in [3.05, 3.63) is 35.2 Å². The number of urea groups is 1. The van der Waals surface area contributed by atoms with Gasteiger partial charge in [0.05, 0.1) is 19.0 Å². The van der Waals surface area contributed by atoms with E-state index < -0.39 is 54.2 Å². The Hall–Kier alpha value is -3.26. The molecule has 3 N–H and O–H groups in total. The molecule has 0 saturated heterocycles. The summed E-state index contributed by atoms with van der Waals surface area (Å²) >= 11 is 1.57. The fourth-order valence-electron chi connectivity index (χ4n) is 4.38. The first-order valence-corrected chi connectivity index (χ1v) is 15.4. The number of amides is 4. The number of ether oxygens (including phenoxy) is 3. The van der Waals surface area contributed by atoms with Crippen molar-refractivity contribution in [1.82, 2.24) is 26.0 Å². The van der Waals surface area contributed by atoms with Gasteiger partial charge in [-0.1, -0.05) is 18.2 Å². The highest BCUT2D eigenvalue weighted by atomic mass is 32.1. The van der Waals surface area contributed by atoms with Crippen molar-refractivity contribution in [3.8, 4) is 0 Å². The Bertz CT molecular complexity index is 1210. The SMILES string of the molecule is CCNC(=O)NN(C)CC(=O)NC(CC(=O)OC(C)(C)C)C(=O)N(Cc1csc2ccccc12)[C@@H](C)C(OCC)OCC. The standard InChI is InChI=1S/C30H47N5O7S/c1-9-31-29(39)33-34(8)18-25(36)32-23(16-26(37)42-30(5,6)7)27(38)35(20(4)28(40-10-2)41-11-3)17-21-19-43-24-15-13-12-14-22(21)24/h12-15,19-20,23,28H,9-11,16-18H2,1-8H3,(H,32,36)(H2,31,33,39)/t20-,23?/m0/s1. The van der Waals surface area contributed by atoms with Gasteiger partial charge in [0.15, 0.2) is 6.29 Å². The maximum absolute atomic E-state index is 14.3. The van der Waals surface area contributed by atoms with Crippen molar-refractivity contribution in [2.45, 2.75) is 85.4 Å². The molecular formula is C30H47N5O7S.